The lowest BCUT2D eigenvalue weighted by molar-refractivity contribution is -0.167. The quantitative estimate of drug-likeness (QED) is 0.0261. The Balaban J connectivity index is 4.24. The highest BCUT2D eigenvalue weighted by Crippen LogP contribution is 2.19. The summed E-state index contributed by atoms with van der Waals surface area (Å²) >= 11 is 0. The first-order chi connectivity index (χ1) is 40.0. The van der Waals surface area contributed by atoms with E-state index < -0.39 is 6.10 Å². The molecule has 480 valence electrons. The number of carbonyl (C=O) groups is 3. The summed E-state index contributed by atoms with van der Waals surface area (Å²) in [6, 6.07) is 0. The number of hydrogen-bond acceptors (Lipinski definition) is 6. The molecular weight excluding hydrogens is 997 g/mol. The summed E-state index contributed by atoms with van der Waals surface area (Å²) in [6.07, 6.45) is 85.4. The first-order valence-corrected chi connectivity index (χ1v) is 37.2. The third kappa shape index (κ3) is 68.8. The van der Waals surface area contributed by atoms with Gasteiger partial charge in [-0.1, -0.05) is 380 Å². The van der Waals surface area contributed by atoms with Crippen molar-refractivity contribution in [3.63, 3.8) is 0 Å². The van der Waals surface area contributed by atoms with Crippen LogP contribution in [0.25, 0.3) is 0 Å². The normalized spacial score (nSPS) is 12.0. The molecule has 0 amide bonds. The molecule has 0 aliphatic rings. The minimum Gasteiger partial charge on any atom is -0.462 e. The maximum atomic E-state index is 13.0. The van der Waals surface area contributed by atoms with Crippen molar-refractivity contribution in [2.45, 2.75) is 438 Å². The first-order valence-electron chi connectivity index (χ1n) is 37.2. The standard InChI is InChI=1S/C75H144O6/c1-4-7-10-13-16-19-22-25-28-31-34-35-36-37-38-39-40-42-44-47-50-53-56-59-62-65-68-74(77)80-71-72(70-79-73(76)67-64-61-58-55-52-49-46-43-33-30-27-24-21-18-15-12-9-6-3)81-75(78)69-66-63-60-57-54-51-48-45-41-32-29-26-23-20-17-14-11-8-5-2/h30,33,72H,4-29,31-32,34-71H2,1-3H3/b33-30-. The van der Waals surface area contributed by atoms with Crippen LogP contribution in [0.2, 0.25) is 0 Å². The second kappa shape index (κ2) is 70.6. The summed E-state index contributed by atoms with van der Waals surface area (Å²) in [7, 11) is 0. The molecule has 0 saturated carbocycles. The lowest BCUT2D eigenvalue weighted by Crippen LogP contribution is -2.30. The number of unbranched alkanes of at least 4 members (excludes halogenated alkanes) is 57. The van der Waals surface area contributed by atoms with Crippen LogP contribution in [0, 0.1) is 0 Å². The van der Waals surface area contributed by atoms with E-state index in [1.54, 1.807) is 0 Å². The zero-order chi connectivity index (χ0) is 58.5. The van der Waals surface area contributed by atoms with Gasteiger partial charge in [0.25, 0.3) is 0 Å². The Morgan fingerprint density at radius 2 is 0.407 bits per heavy atom. The van der Waals surface area contributed by atoms with E-state index >= 15 is 0 Å². The third-order valence-corrected chi connectivity index (χ3v) is 17.3. The Hall–Kier alpha value is -1.85. The highest BCUT2D eigenvalue weighted by atomic mass is 16.6. The Bertz CT molecular complexity index is 1260. The van der Waals surface area contributed by atoms with E-state index in [1.165, 1.54) is 334 Å². The average molecular weight is 1140 g/mol. The second-order valence-corrected chi connectivity index (χ2v) is 25.6. The molecule has 1 atom stereocenters. The van der Waals surface area contributed by atoms with Crippen LogP contribution < -0.4 is 0 Å². The summed E-state index contributed by atoms with van der Waals surface area (Å²) in [5.41, 5.74) is 0. The second-order valence-electron chi connectivity index (χ2n) is 25.6. The number of rotatable bonds is 70. The number of carbonyl (C=O) groups excluding carboxylic acids is 3. The van der Waals surface area contributed by atoms with Gasteiger partial charge >= 0.3 is 17.9 Å². The van der Waals surface area contributed by atoms with Crippen molar-refractivity contribution in [1.82, 2.24) is 0 Å². The molecular formula is C75H144O6. The Morgan fingerprint density at radius 1 is 0.235 bits per heavy atom. The van der Waals surface area contributed by atoms with Crippen LogP contribution in [0.5, 0.6) is 0 Å². The van der Waals surface area contributed by atoms with E-state index in [4.69, 9.17) is 14.2 Å². The van der Waals surface area contributed by atoms with Gasteiger partial charge in [-0.25, -0.2) is 0 Å². The fourth-order valence-electron chi connectivity index (χ4n) is 11.7. The largest absolute Gasteiger partial charge is 0.462 e. The zero-order valence-corrected chi connectivity index (χ0v) is 55.4. The number of allylic oxidation sites excluding steroid dienone is 2. The highest BCUT2D eigenvalue weighted by molar-refractivity contribution is 5.71. The van der Waals surface area contributed by atoms with E-state index in [0.29, 0.717) is 19.3 Å². The van der Waals surface area contributed by atoms with Gasteiger partial charge in [0.1, 0.15) is 13.2 Å². The molecule has 0 saturated heterocycles. The van der Waals surface area contributed by atoms with Crippen molar-refractivity contribution >= 4 is 17.9 Å². The Morgan fingerprint density at radius 3 is 0.617 bits per heavy atom. The molecule has 0 bridgehead atoms. The van der Waals surface area contributed by atoms with Crippen molar-refractivity contribution in [2.75, 3.05) is 13.2 Å². The van der Waals surface area contributed by atoms with Crippen LogP contribution in [0.4, 0.5) is 0 Å². The van der Waals surface area contributed by atoms with Gasteiger partial charge in [-0.3, -0.25) is 14.4 Å². The monoisotopic (exact) mass is 1140 g/mol. The topological polar surface area (TPSA) is 78.9 Å². The molecule has 0 rings (SSSR count). The number of hydrogen-bond donors (Lipinski definition) is 0. The maximum Gasteiger partial charge on any atom is 0.306 e. The molecule has 1 unspecified atom stereocenters. The third-order valence-electron chi connectivity index (χ3n) is 17.3. The van der Waals surface area contributed by atoms with E-state index in [1.807, 2.05) is 0 Å². The fourth-order valence-corrected chi connectivity index (χ4v) is 11.7. The predicted octanol–water partition coefficient (Wildman–Crippen LogP) is 25.6. The summed E-state index contributed by atoms with van der Waals surface area (Å²) in [4.78, 5) is 38.5. The highest BCUT2D eigenvalue weighted by Gasteiger charge is 2.20. The van der Waals surface area contributed by atoms with Crippen LogP contribution in [0.15, 0.2) is 12.2 Å². The van der Waals surface area contributed by atoms with Gasteiger partial charge in [0, 0.05) is 19.3 Å². The van der Waals surface area contributed by atoms with Gasteiger partial charge in [-0.2, -0.15) is 0 Å². The lowest BCUT2D eigenvalue weighted by Gasteiger charge is -2.18. The minimum atomic E-state index is -0.769. The molecule has 0 aromatic carbocycles. The molecule has 6 heteroatoms. The van der Waals surface area contributed by atoms with E-state index in [0.717, 1.165) is 57.8 Å². The van der Waals surface area contributed by atoms with Crippen LogP contribution in [0.1, 0.15) is 432 Å². The molecule has 0 N–H and O–H groups in total. The van der Waals surface area contributed by atoms with Crippen molar-refractivity contribution in [2.24, 2.45) is 0 Å². The molecule has 0 aromatic rings. The summed E-state index contributed by atoms with van der Waals surface area (Å²) in [6.45, 7) is 6.74. The van der Waals surface area contributed by atoms with E-state index in [2.05, 4.69) is 32.9 Å². The molecule has 0 aliphatic carbocycles. The lowest BCUT2D eigenvalue weighted by atomic mass is 10.0. The maximum absolute atomic E-state index is 13.0. The minimum absolute atomic E-state index is 0.0640. The first kappa shape index (κ1) is 79.2. The smallest absolute Gasteiger partial charge is 0.306 e. The Labute approximate surface area is 507 Å². The summed E-state index contributed by atoms with van der Waals surface area (Å²) in [5, 5.41) is 0. The molecule has 0 radical (unpaired) electrons. The van der Waals surface area contributed by atoms with Crippen LogP contribution in [0.3, 0.4) is 0 Å². The van der Waals surface area contributed by atoms with Crippen molar-refractivity contribution in [3.8, 4) is 0 Å². The SMILES string of the molecule is CCCCCCCCC/C=C\CCCCCCCCCC(=O)OCC(COC(=O)CCCCCCCCCCCCCCCCCCCCCCCCCCCC)OC(=O)CCCCCCCCCCCCCCCCCCCCC. The fraction of sp³-hybridized carbons (Fsp3) is 0.933. The van der Waals surface area contributed by atoms with Crippen molar-refractivity contribution in [3.05, 3.63) is 12.2 Å². The van der Waals surface area contributed by atoms with Crippen LogP contribution in [-0.2, 0) is 28.6 Å². The number of esters is 3. The molecule has 0 aromatic heterocycles. The molecule has 81 heavy (non-hydrogen) atoms. The molecule has 0 spiro atoms. The van der Waals surface area contributed by atoms with Gasteiger partial charge in [0.2, 0.25) is 0 Å². The zero-order valence-electron chi connectivity index (χ0n) is 55.4. The van der Waals surface area contributed by atoms with Gasteiger partial charge in [0.05, 0.1) is 0 Å². The Kier molecular flexibility index (Phi) is 69.0. The predicted molar refractivity (Wildman–Crippen MR) is 353 cm³/mol. The van der Waals surface area contributed by atoms with E-state index in [9.17, 15) is 14.4 Å². The molecule has 0 aliphatic heterocycles. The van der Waals surface area contributed by atoms with Gasteiger partial charge < -0.3 is 14.2 Å². The van der Waals surface area contributed by atoms with Crippen molar-refractivity contribution in [1.29, 1.82) is 0 Å². The van der Waals surface area contributed by atoms with Crippen molar-refractivity contribution < 1.29 is 28.6 Å². The summed E-state index contributed by atoms with van der Waals surface area (Å²) < 4.78 is 17.0. The van der Waals surface area contributed by atoms with E-state index in [-0.39, 0.29) is 31.1 Å². The van der Waals surface area contributed by atoms with Gasteiger partial charge in [0.15, 0.2) is 6.10 Å². The number of ether oxygens (including phenoxy) is 3. The average Bonchev–Trinajstić information content (AvgIpc) is 3.47. The molecule has 0 fully saturated rings. The molecule has 0 heterocycles. The van der Waals surface area contributed by atoms with Crippen LogP contribution >= 0.6 is 0 Å². The molecule has 6 nitrogen and oxygen atoms in total. The van der Waals surface area contributed by atoms with Crippen LogP contribution in [-0.4, -0.2) is 37.2 Å². The van der Waals surface area contributed by atoms with Gasteiger partial charge in [-0.05, 0) is 44.9 Å². The summed E-state index contributed by atoms with van der Waals surface area (Å²) in [5.74, 6) is -0.829. The van der Waals surface area contributed by atoms with Gasteiger partial charge in [-0.15, -0.1) is 0 Å².